The smallest absolute Gasteiger partial charge is 0.333 e. The lowest BCUT2D eigenvalue weighted by Gasteiger charge is -2.30. The summed E-state index contributed by atoms with van der Waals surface area (Å²) < 4.78 is 5.18. The minimum absolute atomic E-state index is 0.0241. The molecule has 3 heteroatoms. The molecule has 0 aliphatic carbocycles. The van der Waals surface area contributed by atoms with Gasteiger partial charge in [-0.1, -0.05) is 140 Å². The molecule has 2 nitrogen and oxygen atoms in total. The first-order valence-corrected chi connectivity index (χ1v) is 16.1. The fourth-order valence-electron chi connectivity index (χ4n) is 8.18. The summed E-state index contributed by atoms with van der Waals surface area (Å²) in [6.07, 6.45) is 0. The van der Waals surface area contributed by atoms with E-state index in [9.17, 15) is 0 Å². The molecule has 0 spiro atoms. The molecule has 0 saturated carbocycles. The summed E-state index contributed by atoms with van der Waals surface area (Å²) in [7, 11) is 0. The summed E-state index contributed by atoms with van der Waals surface area (Å²) in [6, 6.07) is 58.1. The SMILES string of the molecule is Cc1cccc2c3ccccc3n(B3c4ccccc4-n4c5cc(-c6ccccc6)ccc5c5ccc(-c6ccccc6)c3c54)c12. The Morgan fingerprint density at radius 1 is 0.457 bits per heavy atom. The summed E-state index contributed by atoms with van der Waals surface area (Å²) in [6.45, 7) is 2.23. The first-order valence-electron chi connectivity index (χ1n) is 16.1. The van der Waals surface area contributed by atoms with E-state index in [0.29, 0.717) is 0 Å². The van der Waals surface area contributed by atoms with Gasteiger partial charge in [0.25, 0.3) is 0 Å². The molecule has 7 aromatic carbocycles. The van der Waals surface area contributed by atoms with Gasteiger partial charge in [-0.2, -0.15) is 0 Å². The van der Waals surface area contributed by atoms with Gasteiger partial charge in [-0.3, -0.25) is 0 Å². The van der Waals surface area contributed by atoms with Crippen LogP contribution in [0.5, 0.6) is 0 Å². The number of rotatable bonds is 3. The molecular weight excluding hydrogens is 555 g/mol. The maximum Gasteiger partial charge on any atom is 0.333 e. The molecule has 0 unspecified atom stereocenters. The second-order valence-electron chi connectivity index (χ2n) is 12.5. The molecule has 1 aliphatic heterocycles. The molecule has 46 heavy (non-hydrogen) atoms. The summed E-state index contributed by atoms with van der Waals surface area (Å²) in [5, 5.41) is 5.18. The maximum absolute atomic E-state index is 2.64. The zero-order chi connectivity index (χ0) is 30.4. The fourth-order valence-corrected chi connectivity index (χ4v) is 8.18. The lowest BCUT2D eigenvalue weighted by molar-refractivity contribution is 1.18. The third-order valence-corrected chi connectivity index (χ3v) is 10.1. The van der Waals surface area contributed by atoms with Crippen LogP contribution in [-0.2, 0) is 0 Å². The van der Waals surface area contributed by atoms with E-state index in [1.807, 2.05) is 0 Å². The van der Waals surface area contributed by atoms with Crippen molar-refractivity contribution in [1.29, 1.82) is 0 Å². The van der Waals surface area contributed by atoms with E-state index >= 15 is 0 Å². The summed E-state index contributed by atoms with van der Waals surface area (Å²) in [5.74, 6) is 0. The fraction of sp³-hybridized carbons (Fsp3) is 0.0233. The van der Waals surface area contributed by atoms with Crippen LogP contribution in [0.4, 0.5) is 0 Å². The molecular formula is C43H29BN2. The predicted molar refractivity (Wildman–Crippen MR) is 196 cm³/mol. The van der Waals surface area contributed by atoms with E-state index in [4.69, 9.17) is 0 Å². The zero-order valence-corrected chi connectivity index (χ0v) is 25.5. The normalized spacial score (nSPS) is 12.4. The van der Waals surface area contributed by atoms with Crippen LogP contribution in [-0.4, -0.2) is 15.9 Å². The van der Waals surface area contributed by atoms with Crippen molar-refractivity contribution in [2.24, 2.45) is 0 Å². The first-order chi connectivity index (χ1) is 22.8. The van der Waals surface area contributed by atoms with Gasteiger partial charge in [-0.15, -0.1) is 0 Å². The van der Waals surface area contributed by atoms with Crippen molar-refractivity contribution in [2.75, 3.05) is 0 Å². The minimum atomic E-state index is -0.0241. The van der Waals surface area contributed by atoms with Crippen molar-refractivity contribution < 1.29 is 0 Å². The van der Waals surface area contributed by atoms with Crippen LogP contribution < -0.4 is 10.9 Å². The highest BCUT2D eigenvalue weighted by Gasteiger charge is 2.38. The van der Waals surface area contributed by atoms with Crippen LogP contribution in [0.15, 0.2) is 158 Å². The Kier molecular flexibility index (Phi) is 5.33. The van der Waals surface area contributed by atoms with Gasteiger partial charge in [0.1, 0.15) is 0 Å². The molecule has 0 saturated heterocycles. The number of aromatic nitrogens is 2. The molecule has 0 atom stereocenters. The topological polar surface area (TPSA) is 9.86 Å². The van der Waals surface area contributed by atoms with Gasteiger partial charge in [0.15, 0.2) is 0 Å². The van der Waals surface area contributed by atoms with Gasteiger partial charge < -0.3 is 9.05 Å². The largest absolute Gasteiger partial charge is 0.376 e. The highest BCUT2D eigenvalue weighted by atomic mass is 15.0. The lowest BCUT2D eigenvalue weighted by Crippen LogP contribution is -2.54. The number of aryl methyl sites for hydroxylation is 1. The van der Waals surface area contributed by atoms with Crippen molar-refractivity contribution >= 4 is 61.4 Å². The Bertz CT molecular complexity index is 2640. The standard InChI is InChI=1S/C43H29BN2/c1-28-13-12-19-35-33-18-8-10-21-38(33)46(42(28)35)44-37-20-9-11-22-39(37)45-40-27-31(29-14-4-2-5-15-29)23-24-34(40)36-26-25-32(41(44)43(36)45)30-16-6-3-7-17-30/h2-27H,1H3. The van der Waals surface area contributed by atoms with Crippen molar-refractivity contribution in [3.05, 3.63) is 163 Å². The Balaban J connectivity index is 1.42. The minimum Gasteiger partial charge on any atom is -0.376 e. The van der Waals surface area contributed by atoms with Gasteiger partial charge >= 0.3 is 6.85 Å². The first kappa shape index (κ1) is 25.5. The second-order valence-corrected chi connectivity index (χ2v) is 12.5. The monoisotopic (exact) mass is 584 g/mol. The van der Waals surface area contributed by atoms with Crippen LogP contribution >= 0.6 is 0 Å². The number of para-hydroxylation sites is 3. The van der Waals surface area contributed by atoms with E-state index in [1.54, 1.807) is 0 Å². The highest BCUT2D eigenvalue weighted by molar-refractivity contribution is 6.89. The van der Waals surface area contributed by atoms with E-state index in [0.717, 1.165) is 0 Å². The Labute approximate surface area is 267 Å². The third-order valence-electron chi connectivity index (χ3n) is 10.1. The van der Waals surface area contributed by atoms with Crippen LogP contribution in [0.25, 0.3) is 71.6 Å². The van der Waals surface area contributed by atoms with Crippen molar-refractivity contribution in [3.63, 3.8) is 0 Å². The quantitative estimate of drug-likeness (QED) is 0.183. The molecule has 0 N–H and O–H groups in total. The van der Waals surface area contributed by atoms with Gasteiger partial charge in [0.2, 0.25) is 0 Å². The zero-order valence-electron chi connectivity index (χ0n) is 25.5. The molecule has 0 bridgehead atoms. The summed E-state index contributed by atoms with van der Waals surface area (Å²) in [4.78, 5) is 0. The van der Waals surface area contributed by atoms with Crippen LogP contribution in [0.3, 0.4) is 0 Å². The molecule has 3 heterocycles. The Hall–Kier alpha value is -5.80. The summed E-state index contributed by atoms with van der Waals surface area (Å²) in [5.41, 5.74) is 15.3. The molecule has 2 aromatic heterocycles. The Morgan fingerprint density at radius 2 is 1.11 bits per heavy atom. The van der Waals surface area contributed by atoms with Crippen molar-refractivity contribution in [1.82, 2.24) is 9.05 Å². The number of hydrogen-bond donors (Lipinski definition) is 0. The molecule has 9 aromatic rings. The molecule has 1 aliphatic rings. The van der Waals surface area contributed by atoms with E-state index in [1.165, 1.54) is 88.0 Å². The molecule has 0 amide bonds. The Morgan fingerprint density at radius 3 is 1.96 bits per heavy atom. The number of fused-ring (bicyclic) bond motifs is 8. The number of nitrogens with zero attached hydrogens (tertiary/aromatic N) is 2. The molecule has 214 valence electrons. The third kappa shape index (κ3) is 3.43. The van der Waals surface area contributed by atoms with E-state index in [-0.39, 0.29) is 6.85 Å². The van der Waals surface area contributed by atoms with Crippen LogP contribution in [0.2, 0.25) is 0 Å². The van der Waals surface area contributed by atoms with Gasteiger partial charge in [0, 0.05) is 38.3 Å². The van der Waals surface area contributed by atoms with Crippen molar-refractivity contribution in [3.8, 4) is 27.9 Å². The molecule has 10 rings (SSSR count). The van der Waals surface area contributed by atoms with E-state index < -0.39 is 0 Å². The predicted octanol–water partition coefficient (Wildman–Crippen LogP) is 9.50. The number of hydrogen-bond acceptors (Lipinski definition) is 0. The number of benzene rings is 7. The summed E-state index contributed by atoms with van der Waals surface area (Å²) >= 11 is 0. The average molecular weight is 585 g/mol. The van der Waals surface area contributed by atoms with Crippen molar-refractivity contribution in [2.45, 2.75) is 6.92 Å². The lowest BCUT2D eigenvalue weighted by atomic mass is 9.46. The maximum atomic E-state index is 2.64. The van der Waals surface area contributed by atoms with Gasteiger partial charge in [-0.25, -0.2) is 0 Å². The van der Waals surface area contributed by atoms with Crippen LogP contribution in [0, 0.1) is 6.92 Å². The average Bonchev–Trinajstić information content (AvgIpc) is 3.63. The second kappa shape index (κ2) is 9.60. The molecule has 0 radical (unpaired) electrons. The highest BCUT2D eigenvalue weighted by Crippen LogP contribution is 2.40. The van der Waals surface area contributed by atoms with Gasteiger partial charge in [0.05, 0.1) is 11.0 Å². The van der Waals surface area contributed by atoms with Crippen LogP contribution in [0.1, 0.15) is 5.56 Å². The van der Waals surface area contributed by atoms with Gasteiger partial charge in [-0.05, 0) is 63.9 Å². The molecule has 0 fully saturated rings. The van der Waals surface area contributed by atoms with E-state index in [2.05, 4.69) is 174 Å².